The Morgan fingerprint density at radius 3 is 2.80 bits per heavy atom. The van der Waals surface area contributed by atoms with Crippen LogP contribution in [-0.2, 0) is 11.2 Å². The standard InChI is InChI=1S/C12H18N2O/c1-4-5-6-11-7-9(2)8-12(14-11)13-10(3)15/h7-8H,4-6H2,1-3H3,(H,13,14,15). The molecule has 0 fully saturated rings. The molecule has 0 aliphatic rings. The lowest BCUT2D eigenvalue weighted by Gasteiger charge is -2.06. The molecule has 1 amide bonds. The number of hydrogen-bond acceptors (Lipinski definition) is 2. The van der Waals surface area contributed by atoms with E-state index < -0.39 is 0 Å². The maximum Gasteiger partial charge on any atom is 0.222 e. The van der Waals surface area contributed by atoms with Crippen LogP contribution in [0.4, 0.5) is 5.82 Å². The number of rotatable bonds is 4. The van der Waals surface area contributed by atoms with Crippen molar-refractivity contribution >= 4 is 11.7 Å². The van der Waals surface area contributed by atoms with Crippen molar-refractivity contribution in [2.24, 2.45) is 0 Å². The predicted octanol–water partition coefficient (Wildman–Crippen LogP) is 2.69. The van der Waals surface area contributed by atoms with E-state index in [0.29, 0.717) is 5.82 Å². The number of amides is 1. The fraction of sp³-hybridized carbons (Fsp3) is 0.500. The highest BCUT2D eigenvalue weighted by atomic mass is 16.1. The van der Waals surface area contributed by atoms with Gasteiger partial charge in [-0.2, -0.15) is 0 Å². The molecule has 0 spiro atoms. The zero-order valence-corrected chi connectivity index (χ0v) is 9.63. The van der Waals surface area contributed by atoms with Gasteiger partial charge in [0.05, 0.1) is 0 Å². The Balaban J connectivity index is 2.79. The van der Waals surface area contributed by atoms with Gasteiger partial charge in [-0.3, -0.25) is 4.79 Å². The summed E-state index contributed by atoms with van der Waals surface area (Å²) in [6, 6.07) is 3.96. The molecule has 1 aromatic rings. The van der Waals surface area contributed by atoms with Gasteiger partial charge in [0.1, 0.15) is 5.82 Å². The van der Waals surface area contributed by atoms with Crippen molar-refractivity contribution in [3.63, 3.8) is 0 Å². The van der Waals surface area contributed by atoms with Crippen LogP contribution in [-0.4, -0.2) is 10.9 Å². The molecule has 0 bridgehead atoms. The third-order valence-corrected chi connectivity index (χ3v) is 2.11. The largest absolute Gasteiger partial charge is 0.311 e. The van der Waals surface area contributed by atoms with E-state index in [2.05, 4.69) is 23.3 Å². The Morgan fingerprint density at radius 1 is 1.47 bits per heavy atom. The summed E-state index contributed by atoms with van der Waals surface area (Å²) in [5, 5.41) is 2.71. The average Bonchev–Trinajstić information content (AvgIpc) is 2.12. The van der Waals surface area contributed by atoms with Crippen LogP contribution in [0.2, 0.25) is 0 Å². The number of pyridine rings is 1. The fourth-order valence-corrected chi connectivity index (χ4v) is 1.47. The minimum absolute atomic E-state index is 0.0745. The number of hydrogen-bond donors (Lipinski definition) is 1. The van der Waals surface area contributed by atoms with Crippen molar-refractivity contribution in [2.45, 2.75) is 40.0 Å². The Morgan fingerprint density at radius 2 is 2.20 bits per heavy atom. The van der Waals surface area contributed by atoms with Crippen molar-refractivity contribution < 1.29 is 4.79 Å². The normalized spacial score (nSPS) is 10.1. The highest BCUT2D eigenvalue weighted by Gasteiger charge is 2.01. The molecule has 0 aliphatic carbocycles. The van der Waals surface area contributed by atoms with Crippen molar-refractivity contribution in [1.29, 1.82) is 0 Å². The van der Waals surface area contributed by atoms with Gasteiger partial charge in [0.15, 0.2) is 0 Å². The first-order valence-corrected chi connectivity index (χ1v) is 5.37. The lowest BCUT2D eigenvalue weighted by molar-refractivity contribution is -0.114. The molecule has 0 aliphatic heterocycles. The summed E-state index contributed by atoms with van der Waals surface area (Å²) in [6.45, 7) is 5.67. The van der Waals surface area contributed by atoms with E-state index >= 15 is 0 Å². The lowest BCUT2D eigenvalue weighted by atomic mass is 10.1. The predicted molar refractivity (Wildman–Crippen MR) is 61.9 cm³/mol. The van der Waals surface area contributed by atoms with Crippen LogP contribution < -0.4 is 5.32 Å². The van der Waals surface area contributed by atoms with Crippen molar-refractivity contribution in [2.75, 3.05) is 5.32 Å². The maximum absolute atomic E-state index is 10.9. The Bertz CT molecular complexity index is 347. The number of nitrogens with zero attached hydrogens (tertiary/aromatic N) is 1. The zero-order chi connectivity index (χ0) is 11.3. The fourth-order valence-electron chi connectivity index (χ4n) is 1.47. The first kappa shape index (κ1) is 11.7. The second-order valence-electron chi connectivity index (χ2n) is 3.81. The molecule has 0 radical (unpaired) electrons. The Hall–Kier alpha value is -1.38. The molecule has 1 rings (SSSR count). The second-order valence-corrected chi connectivity index (χ2v) is 3.81. The zero-order valence-electron chi connectivity index (χ0n) is 9.63. The molecule has 82 valence electrons. The lowest BCUT2D eigenvalue weighted by Crippen LogP contribution is -2.08. The first-order valence-electron chi connectivity index (χ1n) is 5.37. The number of carbonyl (C=O) groups excluding carboxylic acids is 1. The van der Waals surface area contributed by atoms with Crippen LogP contribution in [0, 0.1) is 6.92 Å². The molecule has 0 aromatic carbocycles. The Labute approximate surface area is 90.9 Å². The molecule has 1 N–H and O–H groups in total. The average molecular weight is 206 g/mol. The van der Waals surface area contributed by atoms with Gasteiger partial charge in [0, 0.05) is 12.6 Å². The van der Waals surface area contributed by atoms with Crippen molar-refractivity contribution in [1.82, 2.24) is 4.98 Å². The quantitative estimate of drug-likeness (QED) is 0.823. The number of carbonyl (C=O) groups is 1. The van der Waals surface area contributed by atoms with Gasteiger partial charge in [-0.1, -0.05) is 13.3 Å². The molecule has 3 heteroatoms. The van der Waals surface area contributed by atoms with Crippen LogP contribution >= 0.6 is 0 Å². The van der Waals surface area contributed by atoms with Crippen molar-refractivity contribution in [3.05, 3.63) is 23.4 Å². The molecule has 0 saturated heterocycles. The van der Waals surface area contributed by atoms with Gasteiger partial charge in [-0.15, -0.1) is 0 Å². The summed E-state index contributed by atoms with van der Waals surface area (Å²) < 4.78 is 0. The van der Waals surface area contributed by atoms with E-state index in [9.17, 15) is 4.79 Å². The molecule has 15 heavy (non-hydrogen) atoms. The SMILES string of the molecule is CCCCc1cc(C)cc(NC(C)=O)n1. The first-order chi connectivity index (χ1) is 7.11. The number of unbranched alkanes of at least 4 members (excludes halogenated alkanes) is 1. The minimum Gasteiger partial charge on any atom is -0.311 e. The molecule has 1 heterocycles. The molecule has 3 nitrogen and oxygen atoms in total. The van der Waals surface area contributed by atoms with E-state index in [1.807, 2.05) is 13.0 Å². The molecule has 0 atom stereocenters. The van der Waals surface area contributed by atoms with Crippen LogP contribution in [0.1, 0.15) is 37.9 Å². The summed E-state index contributed by atoms with van der Waals surface area (Å²) >= 11 is 0. The van der Waals surface area contributed by atoms with Gasteiger partial charge < -0.3 is 5.32 Å². The number of nitrogens with one attached hydrogen (secondary N) is 1. The minimum atomic E-state index is -0.0745. The van der Waals surface area contributed by atoms with E-state index in [0.717, 1.165) is 30.5 Å². The number of anilines is 1. The monoisotopic (exact) mass is 206 g/mol. The third kappa shape index (κ3) is 4.11. The number of aryl methyl sites for hydroxylation is 2. The molecule has 0 saturated carbocycles. The smallest absolute Gasteiger partial charge is 0.222 e. The number of aromatic nitrogens is 1. The Kier molecular flexibility index (Phi) is 4.28. The van der Waals surface area contributed by atoms with Gasteiger partial charge in [-0.25, -0.2) is 4.98 Å². The summed E-state index contributed by atoms with van der Waals surface area (Å²) in [6.07, 6.45) is 3.27. The van der Waals surface area contributed by atoms with Gasteiger partial charge in [0.25, 0.3) is 0 Å². The van der Waals surface area contributed by atoms with Crippen LogP contribution in [0.25, 0.3) is 0 Å². The highest BCUT2D eigenvalue weighted by Crippen LogP contribution is 2.11. The van der Waals surface area contributed by atoms with Crippen LogP contribution in [0.15, 0.2) is 12.1 Å². The van der Waals surface area contributed by atoms with Crippen molar-refractivity contribution in [3.8, 4) is 0 Å². The maximum atomic E-state index is 10.9. The molecular formula is C12H18N2O. The molecule has 0 unspecified atom stereocenters. The van der Waals surface area contributed by atoms with Crippen LogP contribution in [0.5, 0.6) is 0 Å². The van der Waals surface area contributed by atoms with E-state index in [1.165, 1.54) is 6.92 Å². The summed E-state index contributed by atoms with van der Waals surface area (Å²) in [7, 11) is 0. The van der Waals surface area contributed by atoms with Crippen LogP contribution in [0.3, 0.4) is 0 Å². The van der Waals surface area contributed by atoms with E-state index in [4.69, 9.17) is 0 Å². The highest BCUT2D eigenvalue weighted by molar-refractivity contribution is 5.87. The third-order valence-electron chi connectivity index (χ3n) is 2.11. The molecule has 1 aromatic heterocycles. The molecular weight excluding hydrogens is 188 g/mol. The summed E-state index contributed by atoms with van der Waals surface area (Å²) in [5.74, 6) is 0.586. The summed E-state index contributed by atoms with van der Waals surface area (Å²) in [5.41, 5.74) is 2.19. The summed E-state index contributed by atoms with van der Waals surface area (Å²) in [4.78, 5) is 15.3. The van der Waals surface area contributed by atoms with E-state index in [1.54, 1.807) is 0 Å². The topological polar surface area (TPSA) is 42.0 Å². The van der Waals surface area contributed by atoms with E-state index in [-0.39, 0.29) is 5.91 Å². The second kappa shape index (κ2) is 5.49. The van der Waals surface area contributed by atoms with Gasteiger partial charge in [-0.05, 0) is 37.5 Å². The van der Waals surface area contributed by atoms with Gasteiger partial charge >= 0.3 is 0 Å². The van der Waals surface area contributed by atoms with Gasteiger partial charge in [0.2, 0.25) is 5.91 Å².